The Morgan fingerprint density at radius 3 is 2.44 bits per heavy atom. The summed E-state index contributed by atoms with van der Waals surface area (Å²) in [6.07, 6.45) is 3.11. The molecule has 0 spiro atoms. The number of benzene rings is 1. The molecule has 0 saturated carbocycles. The minimum atomic E-state index is 0.458. The summed E-state index contributed by atoms with van der Waals surface area (Å²) < 4.78 is 5.45. The average Bonchev–Trinajstić information content (AvgIpc) is 2.90. The highest BCUT2D eigenvalue weighted by atomic mass is 35.5. The standard InChI is InChI=1S/C14H9ClN2O/c15-12-7-6-11(8-16-12)14-13(17-9-18-14)10-4-2-1-3-5-10/h1-9H. The number of pyridine rings is 1. The number of hydrogen-bond acceptors (Lipinski definition) is 3. The van der Waals surface area contributed by atoms with Crippen molar-refractivity contribution in [2.24, 2.45) is 0 Å². The molecule has 0 radical (unpaired) electrons. The molecule has 0 aliphatic heterocycles. The van der Waals surface area contributed by atoms with Gasteiger partial charge in [0.15, 0.2) is 12.2 Å². The molecule has 0 unspecified atom stereocenters. The lowest BCUT2D eigenvalue weighted by Crippen LogP contribution is -1.83. The number of nitrogens with zero attached hydrogens (tertiary/aromatic N) is 2. The third-order valence-electron chi connectivity index (χ3n) is 2.60. The first-order valence-electron chi connectivity index (χ1n) is 5.45. The van der Waals surface area contributed by atoms with Gasteiger partial charge in [0.25, 0.3) is 0 Å². The van der Waals surface area contributed by atoms with Crippen molar-refractivity contribution in [3.63, 3.8) is 0 Å². The van der Waals surface area contributed by atoms with Gasteiger partial charge in [-0.3, -0.25) is 0 Å². The van der Waals surface area contributed by atoms with E-state index >= 15 is 0 Å². The van der Waals surface area contributed by atoms with Gasteiger partial charge in [0.2, 0.25) is 0 Å². The summed E-state index contributed by atoms with van der Waals surface area (Å²) in [7, 11) is 0. The van der Waals surface area contributed by atoms with E-state index in [1.54, 1.807) is 12.3 Å². The number of aromatic nitrogens is 2. The molecule has 3 aromatic rings. The molecule has 3 rings (SSSR count). The Morgan fingerprint density at radius 2 is 1.72 bits per heavy atom. The first kappa shape index (κ1) is 11.0. The van der Waals surface area contributed by atoms with E-state index in [0.29, 0.717) is 10.9 Å². The van der Waals surface area contributed by atoms with Crippen LogP contribution in [0.3, 0.4) is 0 Å². The predicted octanol–water partition coefficient (Wildman–Crippen LogP) is 4.06. The maximum atomic E-state index is 5.77. The second-order valence-corrected chi connectivity index (χ2v) is 4.15. The van der Waals surface area contributed by atoms with Crippen LogP contribution in [-0.2, 0) is 0 Å². The zero-order valence-electron chi connectivity index (χ0n) is 9.38. The van der Waals surface area contributed by atoms with Gasteiger partial charge in [0.1, 0.15) is 10.8 Å². The van der Waals surface area contributed by atoms with E-state index in [-0.39, 0.29) is 0 Å². The number of halogens is 1. The molecule has 0 bridgehead atoms. The third kappa shape index (κ3) is 2.00. The molecule has 0 fully saturated rings. The Balaban J connectivity index is 2.10. The number of hydrogen-bond donors (Lipinski definition) is 0. The van der Waals surface area contributed by atoms with Gasteiger partial charge in [-0.15, -0.1) is 0 Å². The van der Waals surface area contributed by atoms with Gasteiger partial charge in [-0.05, 0) is 12.1 Å². The van der Waals surface area contributed by atoms with Gasteiger partial charge in [0.05, 0.1) is 0 Å². The number of oxazole rings is 1. The molecule has 88 valence electrons. The van der Waals surface area contributed by atoms with Crippen molar-refractivity contribution in [2.45, 2.75) is 0 Å². The molecular formula is C14H9ClN2O. The zero-order chi connectivity index (χ0) is 12.4. The maximum Gasteiger partial charge on any atom is 0.182 e. The van der Waals surface area contributed by atoms with Crippen LogP contribution in [0.4, 0.5) is 0 Å². The normalized spacial score (nSPS) is 10.5. The van der Waals surface area contributed by atoms with Gasteiger partial charge in [-0.2, -0.15) is 0 Å². The molecule has 18 heavy (non-hydrogen) atoms. The van der Waals surface area contributed by atoms with Crippen LogP contribution in [0.25, 0.3) is 22.6 Å². The van der Waals surface area contributed by atoms with Crippen molar-refractivity contribution in [1.82, 2.24) is 9.97 Å². The fourth-order valence-corrected chi connectivity index (χ4v) is 1.87. The minimum Gasteiger partial charge on any atom is -0.443 e. The predicted molar refractivity (Wildman–Crippen MR) is 70.2 cm³/mol. The first-order chi connectivity index (χ1) is 8.84. The fourth-order valence-electron chi connectivity index (χ4n) is 1.76. The fraction of sp³-hybridized carbons (Fsp3) is 0. The monoisotopic (exact) mass is 256 g/mol. The Morgan fingerprint density at radius 1 is 0.889 bits per heavy atom. The topological polar surface area (TPSA) is 38.9 Å². The molecular weight excluding hydrogens is 248 g/mol. The van der Waals surface area contributed by atoms with E-state index in [1.165, 1.54) is 6.39 Å². The van der Waals surface area contributed by atoms with Crippen molar-refractivity contribution < 1.29 is 4.42 Å². The van der Waals surface area contributed by atoms with E-state index in [0.717, 1.165) is 16.8 Å². The summed E-state index contributed by atoms with van der Waals surface area (Å²) in [5.41, 5.74) is 2.67. The van der Waals surface area contributed by atoms with Crippen molar-refractivity contribution in [3.8, 4) is 22.6 Å². The third-order valence-corrected chi connectivity index (χ3v) is 2.83. The van der Waals surface area contributed by atoms with Gasteiger partial charge < -0.3 is 4.42 Å². The molecule has 3 nitrogen and oxygen atoms in total. The molecule has 0 aliphatic rings. The Hall–Kier alpha value is -2.13. The molecule has 0 N–H and O–H groups in total. The van der Waals surface area contributed by atoms with Gasteiger partial charge >= 0.3 is 0 Å². The van der Waals surface area contributed by atoms with Crippen LogP contribution in [0.5, 0.6) is 0 Å². The van der Waals surface area contributed by atoms with E-state index in [9.17, 15) is 0 Å². The summed E-state index contributed by atoms with van der Waals surface area (Å²) in [6, 6.07) is 13.5. The molecule has 0 amide bonds. The van der Waals surface area contributed by atoms with E-state index < -0.39 is 0 Å². The van der Waals surface area contributed by atoms with Crippen molar-refractivity contribution >= 4 is 11.6 Å². The van der Waals surface area contributed by atoms with Gasteiger partial charge in [0, 0.05) is 17.3 Å². The van der Waals surface area contributed by atoms with Crippen LogP contribution < -0.4 is 0 Å². The molecule has 0 saturated heterocycles. The largest absolute Gasteiger partial charge is 0.443 e. The van der Waals surface area contributed by atoms with Crippen LogP contribution in [0.2, 0.25) is 5.15 Å². The maximum absolute atomic E-state index is 5.77. The zero-order valence-corrected chi connectivity index (χ0v) is 10.1. The smallest absolute Gasteiger partial charge is 0.182 e. The van der Waals surface area contributed by atoms with Crippen LogP contribution in [0.1, 0.15) is 0 Å². The SMILES string of the molecule is Clc1ccc(-c2ocnc2-c2ccccc2)cn1. The summed E-state index contributed by atoms with van der Waals surface area (Å²) >= 11 is 5.77. The van der Waals surface area contributed by atoms with Gasteiger partial charge in [-0.1, -0.05) is 41.9 Å². The van der Waals surface area contributed by atoms with E-state index in [4.69, 9.17) is 16.0 Å². The van der Waals surface area contributed by atoms with Crippen LogP contribution in [0.15, 0.2) is 59.5 Å². The quantitative estimate of drug-likeness (QED) is 0.649. The van der Waals surface area contributed by atoms with Crippen molar-refractivity contribution in [2.75, 3.05) is 0 Å². The summed E-state index contributed by atoms with van der Waals surface area (Å²) in [6.45, 7) is 0. The highest BCUT2D eigenvalue weighted by molar-refractivity contribution is 6.29. The van der Waals surface area contributed by atoms with Crippen molar-refractivity contribution in [3.05, 3.63) is 60.2 Å². The molecule has 2 heterocycles. The molecule has 0 aliphatic carbocycles. The highest BCUT2D eigenvalue weighted by Gasteiger charge is 2.12. The second kappa shape index (κ2) is 4.63. The lowest BCUT2D eigenvalue weighted by Gasteiger charge is -2.01. The molecule has 1 aromatic carbocycles. The summed E-state index contributed by atoms with van der Waals surface area (Å²) in [4.78, 5) is 8.31. The van der Waals surface area contributed by atoms with Crippen molar-refractivity contribution in [1.29, 1.82) is 0 Å². The number of rotatable bonds is 2. The highest BCUT2D eigenvalue weighted by Crippen LogP contribution is 2.30. The Kier molecular flexibility index (Phi) is 2.82. The van der Waals surface area contributed by atoms with Crippen LogP contribution >= 0.6 is 11.6 Å². The average molecular weight is 257 g/mol. The lowest BCUT2D eigenvalue weighted by molar-refractivity contribution is 0.572. The van der Waals surface area contributed by atoms with Crippen LogP contribution in [0, 0.1) is 0 Å². The molecule has 0 atom stereocenters. The molecule has 4 heteroatoms. The van der Waals surface area contributed by atoms with E-state index in [1.807, 2.05) is 36.4 Å². The summed E-state index contributed by atoms with van der Waals surface area (Å²) in [5, 5.41) is 0.458. The second-order valence-electron chi connectivity index (χ2n) is 3.77. The first-order valence-corrected chi connectivity index (χ1v) is 5.83. The minimum absolute atomic E-state index is 0.458. The lowest BCUT2D eigenvalue weighted by atomic mass is 10.1. The van der Waals surface area contributed by atoms with Crippen LogP contribution in [-0.4, -0.2) is 9.97 Å². The molecule has 2 aromatic heterocycles. The Bertz CT molecular complexity index is 647. The van der Waals surface area contributed by atoms with E-state index in [2.05, 4.69) is 9.97 Å². The summed E-state index contributed by atoms with van der Waals surface area (Å²) in [5.74, 6) is 0.699. The Labute approximate surface area is 109 Å². The van der Waals surface area contributed by atoms with Gasteiger partial charge in [-0.25, -0.2) is 9.97 Å².